The minimum absolute atomic E-state index is 0.108. The van der Waals surface area contributed by atoms with E-state index in [0.29, 0.717) is 38.5 Å². The lowest BCUT2D eigenvalue weighted by atomic mass is 9.41. The minimum Gasteiger partial charge on any atom is -0.432 e. The molecule has 3 saturated heterocycles. The van der Waals surface area contributed by atoms with Crippen LogP contribution in [0.25, 0.3) is 0 Å². The van der Waals surface area contributed by atoms with Gasteiger partial charge in [-0.1, -0.05) is 19.9 Å². The Bertz CT molecular complexity index is 1430. The largest absolute Gasteiger partial charge is 0.432 e. The summed E-state index contributed by atoms with van der Waals surface area (Å²) in [5, 5.41) is 104. The van der Waals surface area contributed by atoms with Crippen LogP contribution in [0.15, 0.2) is 12.2 Å². The molecule has 7 fully saturated rings. The van der Waals surface area contributed by atoms with Crippen molar-refractivity contribution < 1.29 is 84.3 Å². The Labute approximate surface area is 319 Å². The van der Waals surface area contributed by atoms with E-state index < -0.39 is 122 Å². The Morgan fingerprint density at radius 3 is 2.00 bits per heavy atom. The van der Waals surface area contributed by atoms with Crippen LogP contribution in [-0.4, -0.2) is 168 Å². The zero-order valence-corrected chi connectivity index (χ0v) is 31.6. The minimum atomic E-state index is -1.70. The zero-order valence-electron chi connectivity index (χ0n) is 31.6. The van der Waals surface area contributed by atoms with Gasteiger partial charge in [0.25, 0.3) is 0 Å². The van der Waals surface area contributed by atoms with Gasteiger partial charge in [-0.25, -0.2) is 0 Å². The number of hydrogen-bond donors (Lipinski definition) is 10. The van der Waals surface area contributed by atoms with Gasteiger partial charge in [0, 0.05) is 0 Å². The molecule has 4 aliphatic carbocycles. The van der Waals surface area contributed by atoms with Gasteiger partial charge in [-0.05, 0) is 93.5 Å². The van der Waals surface area contributed by atoms with E-state index >= 15 is 0 Å². The standard InChI is InChI=1S/C38H60O17/c1-16-12-37-10-6-20-35(3,8-5-9-36(20,4)34(49)54-32-29(48)26(45)23(42)18(13-39)51-32)21(37)7-11-38(16,15-37)55-33-30(27(46)24(43)19(14-40)52-33)53-31-28(47)25(44)22(41)17(2)50-31/h17-33,39-48H,1,5-15H2,2-4H3/t17?,18?,19?,20?,21-,22?,23?,24?,25?,26?,27?,28?,29?,30?,31?,32?,33?,35+,36+,37+,38?/m0/s1. The first-order chi connectivity index (χ1) is 25.9. The van der Waals surface area contributed by atoms with Crippen molar-refractivity contribution in [2.45, 2.75) is 176 Å². The molecule has 3 heterocycles. The molecule has 0 aromatic carbocycles. The lowest BCUT2D eigenvalue weighted by Gasteiger charge is -2.64. The number of aliphatic hydroxyl groups excluding tert-OH is 10. The van der Waals surface area contributed by atoms with Crippen molar-refractivity contribution in [3.8, 4) is 0 Å². The molecule has 0 amide bonds. The lowest BCUT2D eigenvalue weighted by molar-refractivity contribution is -0.376. The normalized spacial score (nSPS) is 55.4. The molecule has 17 heteroatoms. The topological polar surface area (TPSA) is 275 Å². The average Bonchev–Trinajstić information content (AvgIpc) is 3.35. The highest BCUT2D eigenvalue weighted by Gasteiger charge is 2.69. The van der Waals surface area contributed by atoms with Gasteiger partial charge in [0.2, 0.25) is 6.29 Å². The van der Waals surface area contributed by atoms with Crippen LogP contribution in [0.1, 0.15) is 78.6 Å². The molecule has 1 spiro atoms. The van der Waals surface area contributed by atoms with E-state index in [-0.39, 0.29) is 22.7 Å². The molecular weight excluding hydrogens is 728 g/mol. The molecule has 4 saturated carbocycles. The fourth-order valence-corrected chi connectivity index (χ4v) is 12.0. The molecule has 10 N–H and O–H groups in total. The number of aliphatic hydroxyl groups is 10. The van der Waals surface area contributed by atoms with Gasteiger partial charge in [0.1, 0.15) is 67.1 Å². The van der Waals surface area contributed by atoms with Gasteiger partial charge < -0.3 is 79.5 Å². The first kappa shape index (κ1) is 41.8. The quantitative estimate of drug-likeness (QED) is 0.0730. The van der Waals surface area contributed by atoms with Gasteiger partial charge in [-0.2, -0.15) is 0 Å². The summed E-state index contributed by atoms with van der Waals surface area (Å²) in [6, 6.07) is 0. The summed E-state index contributed by atoms with van der Waals surface area (Å²) in [5.74, 6) is -0.536. The number of ether oxygens (including phenoxy) is 6. The maximum Gasteiger partial charge on any atom is 0.314 e. The molecule has 7 aliphatic rings. The predicted molar refractivity (Wildman–Crippen MR) is 185 cm³/mol. The number of fused-ring (bicyclic) bond motifs is 3. The van der Waals surface area contributed by atoms with E-state index in [0.717, 1.165) is 24.8 Å². The van der Waals surface area contributed by atoms with E-state index in [9.17, 15) is 55.9 Å². The van der Waals surface area contributed by atoms with Crippen LogP contribution < -0.4 is 0 Å². The van der Waals surface area contributed by atoms with E-state index in [1.807, 2.05) is 6.92 Å². The highest BCUT2D eigenvalue weighted by atomic mass is 16.8. The Hall–Kier alpha value is -1.39. The Morgan fingerprint density at radius 1 is 0.727 bits per heavy atom. The molecule has 2 bridgehead atoms. The fourth-order valence-electron chi connectivity index (χ4n) is 12.0. The summed E-state index contributed by atoms with van der Waals surface area (Å²) >= 11 is 0. The van der Waals surface area contributed by atoms with Crippen molar-refractivity contribution in [3.63, 3.8) is 0 Å². The van der Waals surface area contributed by atoms with Crippen molar-refractivity contribution in [3.05, 3.63) is 12.2 Å². The van der Waals surface area contributed by atoms with Crippen molar-refractivity contribution in [2.24, 2.45) is 28.1 Å². The molecule has 17 unspecified atom stereocenters. The van der Waals surface area contributed by atoms with Gasteiger partial charge in [0.05, 0.1) is 30.3 Å². The van der Waals surface area contributed by atoms with Crippen LogP contribution in [0.2, 0.25) is 0 Å². The van der Waals surface area contributed by atoms with Gasteiger partial charge in [-0.3, -0.25) is 4.79 Å². The molecule has 21 atom stereocenters. The second kappa shape index (κ2) is 15.0. The van der Waals surface area contributed by atoms with Gasteiger partial charge >= 0.3 is 5.97 Å². The average molecular weight is 789 g/mol. The monoisotopic (exact) mass is 788 g/mol. The SMILES string of the molecule is C=C1C[C@@]23CCC4[C@](C)(C(=O)OC5OC(CO)C(O)C(O)C5O)CCC[C@@]4(C)[C@@H]2CCC1(OC1OC(CO)C(O)C(O)C1OC1OC(C)C(O)C(O)C1O)C3. The van der Waals surface area contributed by atoms with Crippen LogP contribution in [-0.2, 0) is 33.2 Å². The predicted octanol–water partition coefficient (Wildman–Crippen LogP) is -1.91. The van der Waals surface area contributed by atoms with Crippen LogP contribution in [0.4, 0.5) is 0 Å². The molecule has 0 radical (unpaired) electrons. The molecule has 7 rings (SSSR count). The van der Waals surface area contributed by atoms with Crippen LogP contribution in [0.5, 0.6) is 0 Å². The van der Waals surface area contributed by atoms with Crippen LogP contribution in [0.3, 0.4) is 0 Å². The van der Waals surface area contributed by atoms with E-state index in [2.05, 4.69) is 13.5 Å². The third-order valence-corrected chi connectivity index (χ3v) is 14.9. The highest BCUT2D eigenvalue weighted by Crippen LogP contribution is 2.73. The second-order valence-corrected chi connectivity index (χ2v) is 18.0. The maximum absolute atomic E-state index is 14.1. The van der Waals surface area contributed by atoms with Crippen LogP contribution in [0, 0.1) is 28.1 Å². The molecule has 17 nitrogen and oxygen atoms in total. The Kier molecular flexibility index (Phi) is 11.4. The number of esters is 1. The third kappa shape index (κ3) is 6.63. The van der Waals surface area contributed by atoms with Crippen molar-refractivity contribution in [2.75, 3.05) is 13.2 Å². The van der Waals surface area contributed by atoms with E-state index in [1.165, 1.54) is 6.92 Å². The number of carbonyl (C=O) groups is 1. The van der Waals surface area contributed by atoms with E-state index in [4.69, 9.17) is 28.4 Å². The highest BCUT2D eigenvalue weighted by molar-refractivity contribution is 5.77. The first-order valence-electron chi connectivity index (χ1n) is 19.7. The van der Waals surface area contributed by atoms with Crippen molar-refractivity contribution >= 4 is 5.97 Å². The van der Waals surface area contributed by atoms with Gasteiger partial charge in [-0.15, -0.1) is 0 Å². The molecule has 314 valence electrons. The molecule has 55 heavy (non-hydrogen) atoms. The third-order valence-electron chi connectivity index (χ3n) is 14.9. The molecule has 0 aromatic rings. The molecule has 3 aliphatic heterocycles. The second-order valence-electron chi connectivity index (χ2n) is 18.0. The van der Waals surface area contributed by atoms with Crippen molar-refractivity contribution in [1.82, 2.24) is 0 Å². The van der Waals surface area contributed by atoms with Crippen LogP contribution >= 0.6 is 0 Å². The number of rotatable bonds is 8. The van der Waals surface area contributed by atoms with Gasteiger partial charge in [0.15, 0.2) is 12.6 Å². The summed E-state index contributed by atoms with van der Waals surface area (Å²) in [7, 11) is 0. The first-order valence-corrected chi connectivity index (χ1v) is 19.7. The maximum atomic E-state index is 14.1. The summed E-state index contributed by atoms with van der Waals surface area (Å²) in [5.41, 5.74) is -1.66. The Morgan fingerprint density at radius 2 is 1.33 bits per heavy atom. The molecule has 0 aromatic heterocycles. The lowest BCUT2D eigenvalue weighted by Crippen LogP contribution is -2.65. The summed E-state index contributed by atoms with van der Waals surface area (Å²) in [4.78, 5) is 14.1. The molecular formula is C38H60O17. The summed E-state index contributed by atoms with van der Waals surface area (Å²) in [6.45, 7) is 8.81. The number of carbonyl (C=O) groups excluding carboxylic acids is 1. The summed E-state index contributed by atoms with van der Waals surface area (Å²) in [6.07, 6.45) is -16.2. The number of hydrogen-bond acceptors (Lipinski definition) is 17. The summed E-state index contributed by atoms with van der Waals surface area (Å²) < 4.78 is 35.8. The zero-order chi connectivity index (χ0) is 40.0. The fraction of sp³-hybridized carbons (Fsp3) is 0.921. The smallest absolute Gasteiger partial charge is 0.314 e. The Balaban J connectivity index is 1.10. The van der Waals surface area contributed by atoms with Crippen molar-refractivity contribution in [1.29, 1.82) is 0 Å². The van der Waals surface area contributed by atoms with E-state index in [1.54, 1.807) is 0 Å².